The second-order valence-corrected chi connectivity index (χ2v) is 10.2. The molecule has 130 valence electrons. The Hall–Kier alpha value is -1.85. The fourth-order valence-electron chi connectivity index (χ4n) is 3.54. The van der Waals surface area contributed by atoms with Gasteiger partial charge in [0, 0.05) is 10.5 Å². The van der Waals surface area contributed by atoms with Crippen LogP contribution in [0.15, 0.2) is 72.8 Å². The lowest BCUT2D eigenvalue weighted by Crippen LogP contribution is -2.31. The Morgan fingerprint density at radius 2 is 1.56 bits per heavy atom. The van der Waals surface area contributed by atoms with Crippen LogP contribution >= 0.6 is 7.92 Å². The van der Waals surface area contributed by atoms with Gasteiger partial charge in [-0.05, 0) is 30.6 Å². The van der Waals surface area contributed by atoms with Gasteiger partial charge in [0.15, 0.2) is 0 Å². The summed E-state index contributed by atoms with van der Waals surface area (Å²) in [5.41, 5.74) is 0.934. The van der Waals surface area contributed by atoms with Gasteiger partial charge in [0.25, 0.3) is 0 Å². The van der Waals surface area contributed by atoms with Crippen molar-refractivity contribution in [2.75, 3.05) is 0 Å². The number of benzene rings is 2. The Morgan fingerprint density at radius 3 is 2.12 bits per heavy atom. The minimum Gasteiger partial charge on any atom is -0.507 e. The van der Waals surface area contributed by atoms with Crippen molar-refractivity contribution < 1.29 is 5.11 Å². The van der Waals surface area contributed by atoms with Gasteiger partial charge in [0.2, 0.25) is 0 Å². The van der Waals surface area contributed by atoms with Gasteiger partial charge in [0.1, 0.15) is 5.75 Å². The molecule has 0 aliphatic heterocycles. The molecule has 0 spiro atoms. The Kier molecular flexibility index (Phi) is 4.89. The maximum Gasteiger partial charge on any atom is 0.127 e. The van der Waals surface area contributed by atoms with E-state index >= 15 is 0 Å². The molecule has 25 heavy (non-hydrogen) atoms. The van der Waals surface area contributed by atoms with Gasteiger partial charge in [-0.1, -0.05) is 101 Å². The Labute approximate surface area is 152 Å². The predicted octanol–water partition coefficient (Wildman–Crippen LogP) is 5.40. The van der Waals surface area contributed by atoms with Crippen LogP contribution in [-0.2, 0) is 5.41 Å². The van der Waals surface area contributed by atoms with Crippen LogP contribution in [-0.4, -0.2) is 10.3 Å². The zero-order chi connectivity index (χ0) is 18.1. The van der Waals surface area contributed by atoms with E-state index < -0.39 is 7.92 Å². The lowest BCUT2D eigenvalue weighted by atomic mass is 9.86. The molecule has 2 heteroatoms. The topological polar surface area (TPSA) is 20.2 Å². The van der Waals surface area contributed by atoms with Crippen molar-refractivity contribution in [3.63, 3.8) is 0 Å². The average molecular weight is 350 g/mol. The van der Waals surface area contributed by atoms with E-state index in [1.165, 1.54) is 5.30 Å². The summed E-state index contributed by atoms with van der Waals surface area (Å²) in [6.45, 7) is 8.70. The number of phenols is 1. The molecule has 1 aliphatic rings. The summed E-state index contributed by atoms with van der Waals surface area (Å²) >= 11 is 0. The van der Waals surface area contributed by atoms with Crippen molar-refractivity contribution in [2.45, 2.75) is 44.7 Å². The number of rotatable bonds is 4. The second kappa shape index (κ2) is 6.81. The summed E-state index contributed by atoms with van der Waals surface area (Å²) in [5.74, 6) is 0.464. The van der Waals surface area contributed by atoms with Crippen LogP contribution in [0.2, 0.25) is 0 Å². The van der Waals surface area contributed by atoms with Crippen molar-refractivity contribution in [3.05, 3.63) is 78.4 Å². The molecule has 0 heterocycles. The Balaban J connectivity index is 2.24. The maximum absolute atomic E-state index is 11.2. The lowest BCUT2D eigenvalue weighted by molar-refractivity contribution is 0.451. The number of phenolic OH excluding ortho intramolecular Hbond substituents is 1. The van der Waals surface area contributed by atoms with Gasteiger partial charge >= 0.3 is 0 Å². The van der Waals surface area contributed by atoms with E-state index in [2.05, 4.69) is 101 Å². The normalized spacial score (nSPS) is 17.0. The van der Waals surface area contributed by atoms with E-state index in [1.807, 2.05) is 0 Å². The zero-order valence-corrected chi connectivity index (χ0v) is 16.4. The molecule has 2 aromatic rings. The summed E-state index contributed by atoms with van der Waals surface area (Å²) in [6, 6.07) is 16.9. The van der Waals surface area contributed by atoms with Crippen molar-refractivity contribution in [2.24, 2.45) is 0 Å². The van der Waals surface area contributed by atoms with E-state index in [9.17, 15) is 5.11 Å². The summed E-state index contributed by atoms with van der Waals surface area (Å²) < 4.78 is 0. The molecule has 0 saturated carbocycles. The van der Waals surface area contributed by atoms with E-state index in [0.29, 0.717) is 5.75 Å². The maximum atomic E-state index is 11.2. The fourth-order valence-corrected chi connectivity index (χ4v) is 6.57. The van der Waals surface area contributed by atoms with Crippen molar-refractivity contribution >= 4 is 18.5 Å². The molecule has 2 aromatic carbocycles. The third-order valence-corrected chi connectivity index (χ3v) is 8.05. The minimum absolute atomic E-state index is 0.0370. The Morgan fingerprint density at radius 1 is 0.920 bits per heavy atom. The largest absolute Gasteiger partial charge is 0.507 e. The quantitative estimate of drug-likeness (QED) is 0.732. The number of hydrogen-bond acceptors (Lipinski definition) is 1. The standard InChI is InChI=1S/C23H27OP/c1-5-23(16-9-10-17-23)25(18-12-7-6-8-13-18)20-15-11-14-19(21(20)24)22(2,3)4/h6-17,24H,5H2,1-4H3. The summed E-state index contributed by atoms with van der Waals surface area (Å²) in [5, 5.41) is 13.5. The molecule has 0 amide bonds. The van der Waals surface area contributed by atoms with Crippen LogP contribution in [0.1, 0.15) is 39.7 Å². The number of hydrogen-bond donors (Lipinski definition) is 1. The van der Waals surface area contributed by atoms with Crippen molar-refractivity contribution in [3.8, 4) is 5.75 Å². The van der Waals surface area contributed by atoms with Crippen LogP contribution in [0, 0.1) is 0 Å². The first-order valence-electron chi connectivity index (χ1n) is 8.94. The highest BCUT2D eigenvalue weighted by Gasteiger charge is 2.38. The predicted molar refractivity (Wildman–Crippen MR) is 111 cm³/mol. The molecule has 0 fully saturated rings. The van der Waals surface area contributed by atoms with Gasteiger partial charge in [0.05, 0.1) is 0 Å². The second-order valence-electron chi connectivity index (χ2n) is 7.66. The van der Waals surface area contributed by atoms with Crippen LogP contribution in [0.4, 0.5) is 0 Å². The monoisotopic (exact) mass is 350 g/mol. The van der Waals surface area contributed by atoms with E-state index in [1.54, 1.807) is 0 Å². The van der Waals surface area contributed by atoms with Crippen LogP contribution < -0.4 is 10.6 Å². The molecular weight excluding hydrogens is 323 g/mol. The molecule has 1 N–H and O–H groups in total. The smallest absolute Gasteiger partial charge is 0.127 e. The molecule has 0 aromatic heterocycles. The molecule has 1 nitrogen and oxygen atoms in total. The minimum atomic E-state index is -0.744. The molecule has 0 radical (unpaired) electrons. The fraction of sp³-hybridized carbons (Fsp3) is 0.304. The highest BCUT2D eigenvalue weighted by atomic mass is 31.1. The van der Waals surface area contributed by atoms with Crippen LogP contribution in [0.25, 0.3) is 0 Å². The van der Waals surface area contributed by atoms with Gasteiger partial charge in [-0.15, -0.1) is 0 Å². The molecular formula is C23H27OP. The summed E-state index contributed by atoms with van der Waals surface area (Å²) in [6.07, 6.45) is 9.93. The van der Waals surface area contributed by atoms with Gasteiger partial charge < -0.3 is 5.11 Å². The summed E-state index contributed by atoms with van der Waals surface area (Å²) in [4.78, 5) is 0. The van der Waals surface area contributed by atoms with Gasteiger partial charge in [-0.25, -0.2) is 0 Å². The highest BCUT2D eigenvalue weighted by Crippen LogP contribution is 2.55. The molecule has 1 unspecified atom stereocenters. The first-order chi connectivity index (χ1) is 11.9. The van der Waals surface area contributed by atoms with E-state index in [-0.39, 0.29) is 10.6 Å². The third kappa shape index (κ3) is 3.31. The van der Waals surface area contributed by atoms with E-state index in [4.69, 9.17) is 0 Å². The van der Waals surface area contributed by atoms with Gasteiger partial charge in [-0.2, -0.15) is 0 Å². The number of para-hydroxylation sites is 1. The van der Waals surface area contributed by atoms with Crippen molar-refractivity contribution in [1.29, 1.82) is 0 Å². The highest BCUT2D eigenvalue weighted by molar-refractivity contribution is 7.75. The zero-order valence-electron chi connectivity index (χ0n) is 15.5. The van der Waals surface area contributed by atoms with Gasteiger partial charge in [-0.3, -0.25) is 0 Å². The lowest BCUT2D eigenvalue weighted by Gasteiger charge is -2.36. The molecule has 1 atom stereocenters. The van der Waals surface area contributed by atoms with Crippen LogP contribution in [0.5, 0.6) is 5.75 Å². The molecule has 0 bridgehead atoms. The number of aromatic hydroxyl groups is 1. The third-order valence-electron chi connectivity index (χ3n) is 4.94. The first kappa shape index (κ1) is 18.0. The number of allylic oxidation sites excluding steroid dienone is 4. The Bertz CT molecular complexity index is 785. The van der Waals surface area contributed by atoms with Crippen LogP contribution in [0.3, 0.4) is 0 Å². The molecule has 1 aliphatic carbocycles. The molecule has 3 rings (SSSR count). The summed E-state index contributed by atoms with van der Waals surface area (Å²) in [7, 11) is -0.744. The SMILES string of the molecule is CCC1(P(c2ccccc2)c2cccc(C(C)(C)C)c2O)C=CC=C1. The average Bonchev–Trinajstić information content (AvgIpc) is 3.06. The first-order valence-corrected chi connectivity index (χ1v) is 10.3. The van der Waals surface area contributed by atoms with E-state index in [0.717, 1.165) is 17.3 Å². The van der Waals surface area contributed by atoms with Crippen molar-refractivity contribution in [1.82, 2.24) is 0 Å². The molecule has 0 saturated heterocycles.